The summed E-state index contributed by atoms with van der Waals surface area (Å²) in [4.78, 5) is 0. The summed E-state index contributed by atoms with van der Waals surface area (Å²) in [6.07, 6.45) is 19.4. The number of unbranched alkanes of at least 4 members (excludes halogenated alkanes) is 4. The molecule has 1 aromatic carbocycles. The van der Waals surface area contributed by atoms with Crippen molar-refractivity contribution in [3.05, 3.63) is 53.6 Å². The quantitative estimate of drug-likeness (QED) is 0.246. The first-order valence-corrected chi connectivity index (χ1v) is 12.8. The van der Waals surface area contributed by atoms with Gasteiger partial charge in [0.1, 0.15) is 0 Å². The van der Waals surface area contributed by atoms with Gasteiger partial charge in [0.05, 0.1) is 0 Å². The Kier molecular flexibility index (Phi) is 8.45. The minimum absolute atomic E-state index is 0.0493. The van der Waals surface area contributed by atoms with Gasteiger partial charge in [-0.2, -0.15) is 0 Å². The summed E-state index contributed by atoms with van der Waals surface area (Å²) in [5.74, 6) is 0.656. The molecule has 0 nitrogen and oxygen atoms in total. The maximum atomic E-state index is 2.51. The zero-order valence-corrected chi connectivity index (χ0v) is 22.1. The summed E-state index contributed by atoms with van der Waals surface area (Å²) < 4.78 is 0. The first kappa shape index (κ1) is 26.0. The molecule has 1 aliphatic carbocycles. The molecule has 0 saturated heterocycles. The van der Waals surface area contributed by atoms with E-state index < -0.39 is 0 Å². The van der Waals surface area contributed by atoms with Crippen LogP contribution >= 0.6 is 0 Å². The Morgan fingerprint density at radius 3 is 2.16 bits per heavy atom. The van der Waals surface area contributed by atoms with E-state index in [9.17, 15) is 0 Å². The summed E-state index contributed by atoms with van der Waals surface area (Å²) in [5, 5.41) is 0. The maximum absolute atomic E-state index is 2.51. The smallest absolute Gasteiger partial charge is 0.0172 e. The fourth-order valence-corrected chi connectivity index (χ4v) is 5.04. The zero-order valence-electron chi connectivity index (χ0n) is 22.1. The lowest BCUT2D eigenvalue weighted by molar-refractivity contribution is 0.0883. The maximum Gasteiger partial charge on any atom is 0.0172 e. The molecule has 174 valence electrons. The van der Waals surface area contributed by atoms with Gasteiger partial charge in [0.15, 0.2) is 0 Å². The van der Waals surface area contributed by atoms with Crippen molar-refractivity contribution in [2.24, 2.45) is 22.2 Å². The highest BCUT2D eigenvalue weighted by molar-refractivity contribution is 5.65. The van der Waals surface area contributed by atoms with Crippen molar-refractivity contribution in [1.82, 2.24) is 0 Å². The zero-order chi connectivity index (χ0) is 23.3. The molecule has 0 aromatic heterocycles. The fourth-order valence-electron chi connectivity index (χ4n) is 5.04. The average Bonchev–Trinajstić information content (AvgIpc) is 3.03. The molecule has 0 saturated carbocycles. The van der Waals surface area contributed by atoms with E-state index in [0.29, 0.717) is 11.3 Å². The van der Waals surface area contributed by atoms with Crippen LogP contribution in [-0.2, 0) is 5.41 Å². The standard InChI is InChI=1S/C31H50/c1-25(17-13-11-10-12-16-22-28(2,3)4)20-23-29(5,6)30(7,8)31(9)24-21-26-18-14-15-19-27(26)31/h14-15,18-21,23-25H,10-13,16-17,22H2,1-9H3/b23-20-. The Balaban J connectivity index is 1.87. The van der Waals surface area contributed by atoms with Gasteiger partial charge in [0.25, 0.3) is 0 Å². The highest BCUT2D eigenvalue weighted by Gasteiger charge is 2.50. The van der Waals surface area contributed by atoms with Crippen molar-refractivity contribution in [2.75, 3.05) is 0 Å². The van der Waals surface area contributed by atoms with Gasteiger partial charge in [0, 0.05) is 5.41 Å². The van der Waals surface area contributed by atoms with Crippen molar-refractivity contribution in [3.8, 4) is 0 Å². The molecule has 0 N–H and O–H groups in total. The third kappa shape index (κ3) is 6.36. The van der Waals surface area contributed by atoms with Crippen molar-refractivity contribution < 1.29 is 0 Å². The normalized spacial score (nSPS) is 20.4. The molecular weight excluding hydrogens is 372 g/mol. The van der Waals surface area contributed by atoms with Crippen LogP contribution in [-0.4, -0.2) is 0 Å². The van der Waals surface area contributed by atoms with Crippen molar-refractivity contribution in [1.29, 1.82) is 0 Å². The minimum atomic E-state index is 0.0493. The van der Waals surface area contributed by atoms with Gasteiger partial charge in [-0.15, -0.1) is 0 Å². The average molecular weight is 423 g/mol. The number of allylic oxidation sites excluding steroid dienone is 3. The summed E-state index contributed by atoms with van der Waals surface area (Å²) in [6, 6.07) is 8.91. The number of benzene rings is 1. The molecule has 2 rings (SSSR count). The number of rotatable bonds is 11. The first-order chi connectivity index (χ1) is 14.3. The number of hydrogen-bond donors (Lipinski definition) is 0. The van der Waals surface area contributed by atoms with Crippen molar-refractivity contribution in [3.63, 3.8) is 0 Å². The van der Waals surface area contributed by atoms with E-state index in [1.54, 1.807) is 0 Å². The van der Waals surface area contributed by atoms with Gasteiger partial charge in [-0.1, -0.05) is 143 Å². The predicted octanol–water partition coefficient (Wildman–Crippen LogP) is 9.99. The third-order valence-electron chi connectivity index (χ3n) is 8.45. The molecule has 31 heavy (non-hydrogen) atoms. The Bertz CT molecular complexity index is 752. The second kappa shape index (κ2) is 10.1. The van der Waals surface area contributed by atoms with Crippen LogP contribution in [0, 0.1) is 22.2 Å². The van der Waals surface area contributed by atoms with Crippen LogP contribution in [0.5, 0.6) is 0 Å². The third-order valence-corrected chi connectivity index (χ3v) is 8.45. The van der Waals surface area contributed by atoms with Crippen LogP contribution in [0.1, 0.15) is 118 Å². The van der Waals surface area contributed by atoms with Crippen molar-refractivity contribution in [2.45, 2.75) is 113 Å². The molecule has 0 spiro atoms. The van der Waals surface area contributed by atoms with Gasteiger partial charge in [-0.05, 0) is 46.1 Å². The van der Waals surface area contributed by atoms with E-state index in [1.807, 2.05) is 0 Å². The number of hydrogen-bond acceptors (Lipinski definition) is 0. The lowest BCUT2D eigenvalue weighted by atomic mass is 9.52. The molecule has 0 bridgehead atoms. The van der Waals surface area contributed by atoms with Gasteiger partial charge in [-0.3, -0.25) is 0 Å². The lowest BCUT2D eigenvalue weighted by Crippen LogP contribution is -2.46. The van der Waals surface area contributed by atoms with E-state index in [4.69, 9.17) is 0 Å². The molecule has 1 aliphatic rings. The van der Waals surface area contributed by atoms with Crippen LogP contribution < -0.4 is 0 Å². The fraction of sp³-hybridized carbons (Fsp3) is 0.677. The molecule has 2 unspecified atom stereocenters. The van der Waals surface area contributed by atoms with Gasteiger partial charge >= 0.3 is 0 Å². The van der Waals surface area contributed by atoms with E-state index >= 15 is 0 Å². The molecule has 0 radical (unpaired) electrons. The lowest BCUT2D eigenvalue weighted by Gasteiger charge is -2.51. The summed E-state index contributed by atoms with van der Waals surface area (Å²) in [5.41, 5.74) is 3.60. The van der Waals surface area contributed by atoms with Crippen molar-refractivity contribution >= 4 is 6.08 Å². The molecule has 0 amide bonds. The highest BCUT2D eigenvalue weighted by Crippen LogP contribution is 2.57. The van der Waals surface area contributed by atoms with Gasteiger partial charge in [0.2, 0.25) is 0 Å². The van der Waals surface area contributed by atoms with Crippen LogP contribution in [0.15, 0.2) is 42.5 Å². The predicted molar refractivity (Wildman–Crippen MR) is 140 cm³/mol. The number of fused-ring (bicyclic) bond motifs is 1. The SMILES string of the molecule is CC(/C=C\C(C)(C)C(C)(C)C1(C)C=Cc2ccccc21)CCCCCCCC(C)(C)C. The van der Waals surface area contributed by atoms with Crippen LogP contribution in [0.4, 0.5) is 0 Å². The van der Waals surface area contributed by atoms with E-state index in [0.717, 1.165) is 0 Å². The first-order valence-electron chi connectivity index (χ1n) is 12.8. The monoisotopic (exact) mass is 422 g/mol. The van der Waals surface area contributed by atoms with Gasteiger partial charge < -0.3 is 0 Å². The van der Waals surface area contributed by atoms with E-state index in [-0.39, 0.29) is 16.2 Å². The second-order valence-electron chi connectivity index (χ2n) is 12.7. The van der Waals surface area contributed by atoms with E-state index in [1.165, 1.54) is 56.1 Å². The molecule has 0 fully saturated rings. The summed E-state index contributed by atoms with van der Waals surface area (Å²) in [6.45, 7) is 21.6. The highest BCUT2D eigenvalue weighted by atomic mass is 14.5. The Hall–Kier alpha value is -1.30. The second-order valence-corrected chi connectivity index (χ2v) is 12.7. The topological polar surface area (TPSA) is 0 Å². The van der Waals surface area contributed by atoms with Gasteiger partial charge in [-0.25, -0.2) is 0 Å². The molecule has 0 aliphatic heterocycles. The summed E-state index contributed by atoms with van der Waals surface area (Å²) in [7, 11) is 0. The van der Waals surface area contributed by atoms with Crippen LogP contribution in [0.2, 0.25) is 0 Å². The molecule has 2 atom stereocenters. The minimum Gasteiger partial charge on any atom is -0.0851 e. The Morgan fingerprint density at radius 1 is 0.871 bits per heavy atom. The summed E-state index contributed by atoms with van der Waals surface area (Å²) >= 11 is 0. The largest absolute Gasteiger partial charge is 0.0851 e. The van der Waals surface area contributed by atoms with Crippen LogP contribution in [0.3, 0.4) is 0 Å². The molecule has 0 heterocycles. The van der Waals surface area contributed by atoms with E-state index in [2.05, 4.69) is 111 Å². The Morgan fingerprint density at radius 2 is 1.48 bits per heavy atom. The molecule has 1 aromatic rings. The molecule has 0 heteroatoms. The Labute approximate surface area is 194 Å². The van der Waals surface area contributed by atoms with Crippen LogP contribution in [0.25, 0.3) is 6.08 Å². The molecular formula is C31H50.